The molecule has 2 aromatic rings. The Balaban J connectivity index is 2.08. The monoisotopic (exact) mass is 398 g/mol. The molecule has 0 radical (unpaired) electrons. The van der Waals surface area contributed by atoms with Gasteiger partial charge in [-0.1, -0.05) is 0 Å². The van der Waals surface area contributed by atoms with Crippen LogP contribution in [0.15, 0.2) is 36.5 Å². The Morgan fingerprint density at radius 3 is 2.57 bits per heavy atom. The van der Waals surface area contributed by atoms with Crippen LogP contribution in [0, 0.1) is 3.57 Å². The molecule has 0 saturated carbocycles. The summed E-state index contributed by atoms with van der Waals surface area (Å²) in [7, 11) is 0. The molecule has 1 amide bonds. The summed E-state index contributed by atoms with van der Waals surface area (Å²) in [5.74, 6) is -1.30. The fraction of sp³-hybridized carbons (Fsp3) is 0.0714. The molecular formula is C14H11IN2O4. The molecule has 0 spiro atoms. The summed E-state index contributed by atoms with van der Waals surface area (Å²) in [6.45, 7) is 0. The summed E-state index contributed by atoms with van der Waals surface area (Å²) >= 11 is 1.96. The molecular weight excluding hydrogens is 387 g/mol. The van der Waals surface area contributed by atoms with Gasteiger partial charge in [-0.3, -0.25) is 14.6 Å². The highest BCUT2D eigenvalue weighted by atomic mass is 127. The molecule has 0 aliphatic heterocycles. The third-order valence-corrected chi connectivity index (χ3v) is 3.54. The van der Waals surface area contributed by atoms with Crippen molar-refractivity contribution in [2.24, 2.45) is 0 Å². The van der Waals surface area contributed by atoms with Crippen molar-refractivity contribution in [2.75, 3.05) is 5.32 Å². The maximum Gasteiger partial charge on any atom is 0.309 e. The highest BCUT2D eigenvalue weighted by Crippen LogP contribution is 2.21. The molecule has 0 aliphatic carbocycles. The number of nitrogens with zero attached hydrogens (tertiary/aromatic N) is 1. The first-order valence-corrected chi connectivity index (χ1v) is 7.00. The Kier molecular flexibility index (Phi) is 4.73. The quantitative estimate of drug-likeness (QED) is 0.687. The second kappa shape index (κ2) is 6.53. The molecule has 21 heavy (non-hydrogen) atoms. The van der Waals surface area contributed by atoms with Crippen LogP contribution in [0.5, 0.6) is 5.75 Å². The highest BCUT2D eigenvalue weighted by molar-refractivity contribution is 14.1. The van der Waals surface area contributed by atoms with E-state index in [2.05, 4.69) is 10.3 Å². The summed E-state index contributed by atoms with van der Waals surface area (Å²) in [6, 6.07) is 7.73. The number of phenols is 1. The number of anilines is 1. The second-order valence-corrected chi connectivity index (χ2v) is 5.39. The number of rotatable bonds is 4. The van der Waals surface area contributed by atoms with E-state index in [9.17, 15) is 14.7 Å². The number of carboxylic acid groups (broad SMARTS) is 1. The number of aromatic nitrogens is 1. The van der Waals surface area contributed by atoms with Crippen molar-refractivity contribution >= 4 is 40.2 Å². The van der Waals surface area contributed by atoms with E-state index in [1.807, 2.05) is 22.6 Å². The first kappa shape index (κ1) is 15.2. The Hall–Kier alpha value is -2.16. The largest absolute Gasteiger partial charge is 0.507 e. The van der Waals surface area contributed by atoms with Gasteiger partial charge in [-0.2, -0.15) is 0 Å². The minimum absolute atomic E-state index is 0.0400. The van der Waals surface area contributed by atoms with Gasteiger partial charge in [-0.15, -0.1) is 0 Å². The van der Waals surface area contributed by atoms with Crippen LogP contribution in [0.3, 0.4) is 0 Å². The van der Waals surface area contributed by atoms with E-state index in [0.717, 1.165) is 0 Å². The van der Waals surface area contributed by atoms with Gasteiger partial charge in [0.05, 0.1) is 27.6 Å². The minimum atomic E-state index is -0.964. The van der Waals surface area contributed by atoms with Gasteiger partial charge in [-0.05, 0) is 52.9 Å². The zero-order valence-electron chi connectivity index (χ0n) is 10.7. The molecule has 1 heterocycles. The molecule has 6 nitrogen and oxygen atoms in total. The van der Waals surface area contributed by atoms with Crippen LogP contribution in [0.4, 0.5) is 5.69 Å². The number of aromatic hydroxyl groups is 1. The van der Waals surface area contributed by atoms with Crippen molar-refractivity contribution in [3.63, 3.8) is 0 Å². The number of amides is 1. The summed E-state index contributed by atoms with van der Waals surface area (Å²) in [4.78, 5) is 26.5. The number of carbonyl (C=O) groups excluding carboxylic acids is 1. The second-order valence-electron chi connectivity index (χ2n) is 4.23. The molecule has 1 aromatic carbocycles. The average Bonchev–Trinajstić information content (AvgIpc) is 2.43. The summed E-state index contributed by atoms with van der Waals surface area (Å²) in [5.41, 5.74) is 1.18. The van der Waals surface area contributed by atoms with Gasteiger partial charge in [0.25, 0.3) is 5.91 Å². The first-order chi connectivity index (χ1) is 9.95. The molecule has 0 atom stereocenters. The van der Waals surface area contributed by atoms with Gasteiger partial charge in [0, 0.05) is 5.56 Å². The third kappa shape index (κ3) is 4.15. The van der Waals surface area contributed by atoms with Gasteiger partial charge in [0.2, 0.25) is 0 Å². The Labute approximate surface area is 134 Å². The van der Waals surface area contributed by atoms with Gasteiger partial charge in [0.1, 0.15) is 5.75 Å². The molecule has 0 bridgehead atoms. The number of aliphatic carboxylic acids is 1. The number of carboxylic acids is 1. The Bertz CT molecular complexity index is 686. The van der Waals surface area contributed by atoms with Gasteiger partial charge < -0.3 is 15.5 Å². The number of hydrogen-bond acceptors (Lipinski definition) is 4. The molecule has 0 aliphatic rings. The fourth-order valence-electron chi connectivity index (χ4n) is 1.62. The zero-order valence-corrected chi connectivity index (χ0v) is 12.9. The molecule has 2 rings (SSSR count). The highest BCUT2D eigenvalue weighted by Gasteiger charge is 2.09. The minimum Gasteiger partial charge on any atom is -0.507 e. The van der Waals surface area contributed by atoms with Crippen molar-refractivity contribution in [3.8, 4) is 5.75 Å². The topological polar surface area (TPSA) is 99.5 Å². The van der Waals surface area contributed by atoms with Crippen LogP contribution in [0.25, 0.3) is 0 Å². The normalized spacial score (nSPS) is 10.1. The van der Waals surface area contributed by atoms with E-state index in [0.29, 0.717) is 20.5 Å². The maximum absolute atomic E-state index is 12.0. The molecule has 0 saturated heterocycles. The molecule has 0 fully saturated rings. The van der Waals surface area contributed by atoms with E-state index in [1.54, 1.807) is 18.2 Å². The van der Waals surface area contributed by atoms with E-state index in [1.165, 1.54) is 18.3 Å². The first-order valence-electron chi connectivity index (χ1n) is 5.92. The maximum atomic E-state index is 12.0. The van der Waals surface area contributed by atoms with Crippen molar-refractivity contribution in [3.05, 3.63) is 51.4 Å². The molecule has 7 heteroatoms. The van der Waals surface area contributed by atoms with Crippen LogP contribution in [0.1, 0.15) is 16.1 Å². The molecule has 3 N–H and O–H groups in total. The van der Waals surface area contributed by atoms with Crippen LogP contribution >= 0.6 is 22.6 Å². The van der Waals surface area contributed by atoms with Gasteiger partial charge in [0.15, 0.2) is 0 Å². The Morgan fingerprint density at radius 1 is 1.24 bits per heavy atom. The summed E-state index contributed by atoms with van der Waals surface area (Å²) < 4.78 is 0.656. The van der Waals surface area contributed by atoms with E-state index >= 15 is 0 Å². The van der Waals surface area contributed by atoms with Gasteiger partial charge >= 0.3 is 5.97 Å². The van der Waals surface area contributed by atoms with E-state index in [-0.39, 0.29) is 18.1 Å². The number of carbonyl (C=O) groups is 2. The lowest BCUT2D eigenvalue weighted by molar-refractivity contribution is -0.136. The van der Waals surface area contributed by atoms with Crippen molar-refractivity contribution in [1.29, 1.82) is 0 Å². The SMILES string of the molecule is O=C(O)Cc1ccc(NC(=O)c2ccc(I)c(O)c2)cn1. The Morgan fingerprint density at radius 2 is 2.00 bits per heavy atom. The lowest BCUT2D eigenvalue weighted by atomic mass is 10.2. The number of hydrogen-bond donors (Lipinski definition) is 3. The average molecular weight is 398 g/mol. The van der Waals surface area contributed by atoms with E-state index in [4.69, 9.17) is 5.11 Å². The number of nitrogens with one attached hydrogen (secondary N) is 1. The number of phenolic OH excluding ortho intramolecular Hbond substituents is 1. The third-order valence-electron chi connectivity index (χ3n) is 2.62. The lowest BCUT2D eigenvalue weighted by Gasteiger charge is -2.06. The van der Waals surface area contributed by atoms with Crippen molar-refractivity contribution < 1.29 is 19.8 Å². The van der Waals surface area contributed by atoms with Crippen LogP contribution in [0.2, 0.25) is 0 Å². The number of pyridine rings is 1. The summed E-state index contributed by atoms with van der Waals surface area (Å²) in [5, 5.41) is 20.8. The number of benzene rings is 1. The standard InChI is InChI=1S/C14H11IN2O4/c15-11-4-1-8(5-12(11)18)14(21)17-10-3-2-9(16-7-10)6-13(19)20/h1-5,7,18H,6H2,(H,17,21)(H,19,20). The molecule has 0 unspecified atom stereocenters. The van der Waals surface area contributed by atoms with Gasteiger partial charge in [-0.25, -0.2) is 0 Å². The lowest BCUT2D eigenvalue weighted by Crippen LogP contribution is -2.12. The predicted molar refractivity (Wildman–Crippen MR) is 84.4 cm³/mol. The summed E-state index contributed by atoms with van der Waals surface area (Å²) in [6.07, 6.45) is 1.22. The van der Waals surface area contributed by atoms with Crippen LogP contribution in [-0.2, 0) is 11.2 Å². The van der Waals surface area contributed by atoms with Crippen LogP contribution < -0.4 is 5.32 Å². The van der Waals surface area contributed by atoms with Crippen molar-refractivity contribution in [1.82, 2.24) is 4.98 Å². The van der Waals surface area contributed by atoms with Crippen molar-refractivity contribution in [2.45, 2.75) is 6.42 Å². The predicted octanol–water partition coefficient (Wildman–Crippen LogP) is 2.27. The molecule has 108 valence electrons. The zero-order chi connectivity index (χ0) is 15.4. The smallest absolute Gasteiger partial charge is 0.309 e. The fourth-order valence-corrected chi connectivity index (χ4v) is 1.95. The van der Waals surface area contributed by atoms with Crippen LogP contribution in [-0.4, -0.2) is 27.1 Å². The molecule has 1 aromatic heterocycles. The van der Waals surface area contributed by atoms with E-state index < -0.39 is 5.97 Å². The number of halogens is 1.